The van der Waals surface area contributed by atoms with E-state index in [1.165, 1.54) is 18.4 Å². The molecule has 1 N–H and O–H groups in total. The summed E-state index contributed by atoms with van der Waals surface area (Å²) in [6, 6.07) is 16.6. The molecule has 2 aliphatic rings. The van der Waals surface area contributed by atoms with Gasteiger partial charge in [0.15, 0.2) is 0 Å². The van der Waals surface area contributed by atoms with Gasteiger partial charge in [-0.3, -0.25) is 0 Å². The Balaban J connectivity index is 1.69. The average molecular weight is 336 g/mol. The molecule has 0 heterocycles. The molecular weight excluding hydrogens is 308 g/mol. The monoisotopic (exact) mass is 336 g/mol. The van der Waals surface area contributed by atoms with Crippen LogP contribution in [0.15, 0.2) is 48.5 Å². The molecule has 2 saturated carbocycles. The zero-order valence-corrected chi connectivity index (χ0v) is 15.2. The highest BCUT2D eigenvalue weighted by Crippen LogP contribution is 2.51. The molecule has 0 aromatic heterocycles. The number of para-hydroxylation sites is 1. The van der Waals surface area contributed by atoms with E-state index in [0.717, 1.165) is 35.6 Å². The SMILES string of the molecule is CC(c1cccc(C(C)(O)C2CC2)c1OCc1ccccc1)C1CC1. The number of rotatable bonds is 7. The molecule has 2 aliphatic carbocycles. The minimum Gasteiger partial charge on any atom is -0.488 e. The summed E-state index contributed by atoms with van der Waals surface area (Å²) in [4.78, 5) is 0. The molecule has 0 aliphatic heterocycles. The minimum absolute atomic E-state index is 0.359. The minimum atomic E-state index is -0.800. The molecule has 0 radical (unpaired) electrons. The lowest BCUT2D eigenvalue weighted by molar-refractivity contribution is 0.0296. The van der Waals surface area contributed by atoms with Gasteiger partial charge < -0.3 is 9.84 Å². The number of hydrogen-bond donors (Lipinski definition) is 1. The summed E-state index contributed by atoms with van der Waals surface area (Å²) in [5.41, 5.74) is 2.59. The van der Waals surface area contributed by atoms with E-state index in [4.69, 9.17) is 4.74 Å². The maximum Gasteiger partial charge on any atom is 0.129 e. The molecule has 0 saturated heterocycles. The molecule has 2 aromatic rings. The smallest absolute Gasteiger partial charge is 0.129 e. The van der Waals surface area contributed by atoms with Crippen LogP contribution in [0.25, 0.3) is 0 Å². The third-order valence-corrected chi connectivity index (χ3v) is 6.01. The lowest BCUT2D eigenvalue weighted by Gasteiger charge is -2.29. The van der Waals surface area contributed by atoms with Gasteiger partial charge in [0.2, 0.25) is 0 Å². The van der Waals surface area contributed by atoms with Crippen molar-refractivity contribution in [3.8, 4) is 5.75 Å². The summed E-state index contributed by atoms with van der Waals surface area (Å²) < 4.78 is 6.36. The summed E-state index contributed by atoms with van der Waals surface area (Å²) in [5.74, 6) is 2.53. The van der Waals surface area contributed by atoms with Gasteiger partial charge in [0.05, 0.1) is 5.60 Å². The van der Waals surface area contributed by atoms with E-state index in [2.05, 4.69) is 37.3 Å². The molecule has 132 valence electrons. The van der Waals surface area contributed by atoms with Crippen molar-refractivity contribution < 1.29 is 9.84 Å². The quantitative estimate of drug-likeness (QED) is 0.734. The fourth-order valence-corrected chi connectivity index (χ4v) is 3.92. The lowest BCUT2D eigenvalue weighted by Crippen LogP contribution is -2.25. The van der Waals surface area contributed by atoms with Gasteiger partial charge in [-0.25, -0.2) is 0 Å². The van der Waals surface area contributed by atoms with Crippen LogP contribution in [0.4, 0.5) is 0 Å². The molecule has 0 spiro atoms. The Hall–Kier alpha value is -1.80. The second-order valence-electron chi connectivity index (χ2n) is 8.05. The predicted molar refractivity (Wildman–Crippen MR) is 101 cm³/mol. The Morgan fingerprint density at radius 3 is 2.40 bits per heavy atom. The highest BCUT2D eigenvalue weighted by atomic mass is 16.5. The second kappa shape index (κ2) is 6.49. The molecule has 2 atom stereocenters. The normalized spacial score (nSPS) is 20.8. The van der Waals surface area contributed by atoms with Gasteiger partial charge in [-0.05, 0) is 61.5 Å². The molecule has 0 amide bonds. The van der Waals surface area contributed by atoms with Gasteiger partial charge >= 0.3 is 0 Å². The van der Waals surface area contributed by atoms with Gasteiger partial charge in [0.25, 0.3) is 0 Å². The van der Waals surface area contributed by atoms with Crippen molar-refractivity contribution in [1.82, 2.24) is 0 Å². The zero-order valence-electron chi connectivity index (χ0n) is 15.2. The largest absolute Gasteiger partial charge is 0.488 e. The highest BCUT2D eigenvalue weighted by molar-refractivity contribution is 5.47. The molecule has 25 heavy (non-hydrogen) atoms. The zero-order chi connectivity index (χ0) is 17.4. The first-order valence-electron chi connectivity index (χ1n) is 9.60. The van der Waals surface area contributed by atoms with E-state index in [0.29, 0.717) is 18.4 Å². The molecule has 2 heteroatoms. The van der Waals surface area contributed by atoms with E-state index in [1.54, 1.807) is 0 Å². The Bertz CT molecular complexity index is 727. The van der Waals surface area contributed by atoms with Crippen molar-refractivity contribution in [3.63, 3.8) is 0 Å². The molecule has 2 unspecified atom stereocenters. The van der Waals surface area contributed by atoms with Gasteiger partial charge in [-0.1, -0.05) is 55.5 Å². The third-order valence-electron chi connectivity index (χ3n) is 6.01. The van der Waals surface area contributed by atoms with Crippen molar-refractivity contribution in [2.24, 2.45) is 11.8 Å². The topological polar surface area (TPSA) is 29.5 Å². The number of ether oxygens (including phenoxy) is 1. The molecular formula is C23H28O2. The molecule has 0 bridgehead atoms. The van der Waals surface area contributed by atoms with Crippen molar-refractivity contribution >= 4 is 0 Å². The van der Waals surface area contributed by atoms with Crippen LogP contribution < -0.4 is 4.74 Å². The van der Waals surface area contributed by atoms with Crippen LogP contribution in [0.5, 0.6) is 5.75 Å². The summed E-state index contributed by atoms with van der Waals surface area (Å²) >= 11 is 0. The number of hydrogen-bond acceptors (Lipinski definition) is 2. The first-order valence-corrected chi connectivity index (χ1v) is 9.60. The van der Waals surface area contributed by atoms with E-state index >= 15 is 0 Å². The lowest BCUT2D eigenvalue weighted by atomic mass is 9.85. The van der Waals surface area contributed by atoms with E-state index in [-0.39, 0.29) is 0 Å². The summed E-state index contributed by atoms with van der Waals surface area (Å²) in [6.07, 6.45) is 4.83. The fraction of sp³-hybridized carbons (Fsp3) is 0.478. The predicted octanol–water partition coefficient (Wildman–Crippen LogP) is 5.40. The Labute approximate surface area is 150 Å². The standard InChI is InChI=1S/C23H28O2/c1-16(18-11-12-18)20-9-6-10-21(23(2,24)19-13-14-19)22(20)25-15-17-7-4-3-5-8-17/h3-10,16,18-19,24H,11-15H2,1-2H3. The van der Waals surface area contributed by atoms with Crippen LogP contribution >= 0.6 is 0 Å². The van der Waals surface area contributed by atoms with E-state index in [1.807, 2.05) is 25.1 Å². The third kappa shape index (κ3) is 3.46. The van der Waals surface area contributed by atoms with Crippen LogP contribution in [-0.4, -0.2) is 5.11 Å². The van der Waals surface area contributed by atoms with Crippen LogP contribution in [-0.2, 0) is 12.2 Å². The number of aliphatic hydroxyl groups is 1. The summed E-state index contributed by atoms with van der Waals surface area (Å²) in [6.45, 7) is 4.81. The van der Waals surface area contributed by atoms with Gasteiger partial charge in [0.1, 0.15) is 12.4 Å². The van der Waals surface area contributed by atoms with Crippen molar-refractivity contribution in [3.05, 3.63) is 65.2 Å². The highest BCUT2D eigenvalue weighted by Gasteiger charge is 2.44. The summed E-state index contributed by atoms with van der Waals surface area (Å²) in [7, 11) is 0. The Kier molecular flexibility index (Phi) is 4.33. The van der Waals surface area contributed by atoms with Gasteiger partial charge in [-0.15, -0.1) is 0 Å². The fourth-order valence-electron chi connectivity index (χ4n) is 3.92. The van der Waals surface area contributed by atoms with E-state index in [9.17, 15) is 5.11 Å². The van der Waals surface area contributed by atoms with Crippen LogP contribution in [0.3, 0.4) is 0 Å². The maximum atomic E-state index is 11.2. The van der Waals surface area contributed by atoms with Crippen molar-refractivity contribution in [2.75, 3.05) is 0 Å². The summed E-state index contributed by atoms with van der Waals surface area (Å²) in [5, 5.41) is 11.2. The van der Waals surface area contributed by atoms with Crippen LogP contribution in [0.1, 0.15) is 62.1 Å². The van der Waals surface area contributed by atoms with Crippen LogP contribution in [0, 0.1) is 11.8 Å². The first kappa shape index (κ1) is 16.7. The van der Waals surface area contributed by atoms with Crippen molar-refractivity contribution in [1.29, 1.82) is 0 Å². The van der Waals surface area contributed by atoms with Gasteiger partial charge in [-0.2, -0.15) is 0 Å². The van der Waals surface area contributed by atoms with Gasteiger partial charge in [0, 0.05) is 5.56 Å². The number of benzene rings is 2. The second-order valence-corrected chi connectivity index (χ2v) is 8.05. The first-order chi connectivity index (χ1) is 12.1. The molecule has 4 rings (SSSR count). The molecule has 2 nitrogen and oxygen atoms in total. The molecule has 2 aromatic carbocycles. The maximum absolute atomic E-state index is 11.2. The molecule has 2 fully saturated rings. The van der Waals surface area contributed by atoms with Crippen LogP contribution in [0.2, 0.25) is 0 Å². The van der Waals surface area contributed by atoms with Crippen molar-refractivity contribution in [2.45, 2.75) is 57.7 Å². The Morgan fingerprint density at radius 1 is 1.04 bits per heavy atom. The Morgan fingerprint density at radius 2 is 1.76 bits per heavy atom. The average Bonchev–Trinajstić information content (AvgIpc) is 3.51. The van der Waals surface area contributed by atoms with E-state index < -0.39 is 5.60 Å².